The SMILES string of the molecule is COc1ccc2nc(COc3ccccc3N)[nH]c2c1. The van der Waals surface area contributed by atoms with E-state index < -0.39 is 0 Å². The van der Waals surface area contributed by atoms with E-state index in [-0.39, 0.29) is 0 Å². The predicted octanol–water partition coefficient (Wildman–Crippen LogP) is 2.73. The van der Waals surface area contributed by atoms with Crippen molar-refractivity contribution >= 4 is 16.7 Å². The lowest BCUT2D eigenvalue weighted by Gasteiger charge is -2.06. The van der Waals surface area contributed by atoms with Gasteiger partial charge in [-0.25, -0.2) is 4.98 Å². The summed E-state index contributed by atoms with van der Waals surface area (Å²) in [6.07, 6.45) is 0. The third kappa shape index (κ3) is 2.38. The third-order valence-electron chi connectivity index (χ3n) is 3.02. The number of aromatic amines is 1. The number of fused-ring (bicyclic) bond motifs is 1. The van der Waals surface area contributed by atoms with Crippen molar-refractivity contribution in [2.24, 2.45) is 0 Å². The number of imidazole rings is 1. The van der Waals surface area contributed by atoms with Gasteiger partial charge in [0.1, 0.15) is 23.9 Å². The molecule has 0 amide bonds. The highest BCUT2D eigenvalue weighted by atomic mass is 16.5. The standard InChI is InChI=1S/C15H15N3O2/c1-19-10-6-7-12-13(8-10)18-15(17-12)9-20-14-5-3-2-4-11(14)16/h2-8H,9,16H2,1H3,(H,17,18). The molecule has 1 heterocycles. The molecule has 3 aromatic rings. The molecule has 0 radical (unpaired) electrons. The maximum absolute atomic E-state index is 5.83. The molecule has 0 spiro atoms. The molecule has 0 aliphatic carbocycles. The van der Waals surface area contributed by atoms with Crippen molar-refractivity contribution < 1.29 is 9.47 Å². The summed E-state index contributed by atoms with van der Waals surface area (Å²) in [5.41, 5.74) is 8.24. The second kappa shape index (κ2) is 5.13. The number of nitrogen functional groups attached to an aromatic ring is 1. The van der Waals surface area contributed by atoms with Crippen LogP contribution in [0.3, 0.4) is 0 Å². The predicted molar refractivity (Wildman–Crippen MR) is 77.8 cm³/mol. The average molecular weight is 269 g/mol. The van der Waals surface area contributed by atoms with Crippen molar-refractivity contribution in [2.75, 3.05) is 12.8 Å². The minimum atomic E-state index is 0.339. The lowest BCUT2D eigenvalue weighted by Crippen LogP contribution is -1.99. The van der Waals surface area contributed by atoms with Gasteiger partial charge in [-0.05, 0) is 24.3 Å². The zero-order valence-electron chi connectivity index (χ0n) is 11.1. The largest absolute Gasteiger partial charge is 0.497 e. The Morgan fingerprint density at radius 3 is 2.85 bits per heavy atom. The van der Waals surface area contributed by atoms with E-state index in [4.69, 9.17) is 15.2 Å². The van der Waals surface area contributed by atoms with Crippen molar-refractivity contribution in [2.45, 2.75) is 6.61 Å². The quantitative estimate of drug-likeness (QED) is 0.714. The summed E-state index contributed by atoms with van der Waals surface area (Å²) in [5.74, 6) is 2.20. The molecule has 1 aromatic heterocycles. The normalized spacial score (nSPS) is 10.7. The number of benzene rings is 2. The highest BCUT2D eigenvalue weighted by Crippen LogP contribution is 2.22. The first kappa shape index (κ1) is 12.3. The number of aromatic nitrogens is 2. The molecule has 0 saturated carbocycles. The molecule has 0 unspecified atom stereocenters. The molecule has 0 atom stereocenters. The van der Waals surface area contributed by atoms with Gasteiger partial charge in [0.15, 0.2) is 0 Å². The highest BCUT2D eigenvalue weighted by Gasteiger charge is 2.06. The van der Waals surface area contributed by atoms with Crippen molar-refractivity contribution in [3.63, 3.8) is 0 Å². The van der Waals surface area contributed by atoms with Crippen LogP contribution in [0.15, 0.2) is 42.5 Å². The minimum absolute atomic E-state index is 0.339. The Bertz CT molecular complexity index is 737. The third-order valence-corrected chi connectivity index (χ3v) is 3.02. The van der Waals surface area contributed by atoms with E-state index in [1.807, 2.05) is 36.4 Å². The molecule has 102 valence electrons. The van der Waals surface area contributed by atoms with E-state index >= 15 is 0 Å². The number of H-pyrrole nitrogens is 1. The van der Waals surface area contributed by atoms with Crippen LogP contribution in [0, 0.1) is 0 Å². The Kier molecular flexibility index (Phi) is 3.16. The lowest BCUT2D eigenvalue weighted by molar-refractivity contribution is 0.299. The van der Waals surface area contributed by atoms with Crippen LogP contribution in [0.1, 0.15) is 5.82 Å². The number of nitrogens with zero attached hydrogens (tertiary/aromatic N) is 1. The Balaban J connectivity index is 1.79. The van der Waals surface area contributed by atoms with Gasteiger partial charge < -0.3 is 20.2 Å². The monoisotopic (exact) mass is 269 g/mol. The van der Waals surface area contributed by atoms with Crippen molar-refractivity contribution in [1.29, 1.82) is 0 Å². The molecule has 0 fully saturated rings. The Morgan fingerprint density at radius 2 is 2.05 bits per heavy atom. The number of anilines is 1. The van der Waals surface area contributed by atoms with Crippen molar-refractivity contribution in [3.8, 4) is 11.5 Å². The Labute approximate surface area is 116 Å². The first-order valence-electron chi connectivity index (χ1n) is 6.26. The van der Waals surface area contributed by atoms with E-state index in [9.17, 15) is 0 Å². The number of ether oxygens (including phenoxy) is 2. The summed E-state index contributed by atoms with van der Waals surface area (Å²) in [4.78, 5) is 7.66. The van der Waals surface area contributed by atoms with E-state index in [1.54, 1.807) is 13.2 Å². The van der Waals surface area contributed by atoms with Crippen molar-refractivity contribution in [1.82, 2.24) is 9.97 Å². The van der Waals surface area contributed by atoms with Crippen molar-refractivity contribution in [3.05, 3.63) is 48.3 Å². The fourth-order valence-electron chi connectivity index (χ4n) is 1.99. The van der Waals surface area contributed by atoms with Crippen LogP contribution in [-0.2, 0) is 6.61 Å². The minimum Gasteiger partial charge on any atom is -0.497 e. The van der Waals surface area contributed by atoms with Crippen LogP contribution < -0.4 is 15.2 Å². The van der Waals surface area contributed by atoms with Gasteiger partial charge in [-0.3, -0.25) is 0 Å². The topological polar surface area (TPSA) is 73.2 Å². The lowest BCUT2D eigenvalue weighted by atomic mass is 10.3. The second-order valence-corrected chi connectivity index (χ2v) is 4.39. The number of hydrogen-bond acceptors (Lipinski definition) is 4. The van der Waals surface area contributed by atoms with Gasteiger partial charge in [-0.15, -0.1) is 0 Å². The molecule has 0 aliphatic rings. The van der Waals surface area contributed by atoms with Crippen LogP contribution in [0.25, 0.3) is 11.0 Å². The maximum atomic E-state index is 5.83. The number of rotatable bonds is 4. The van der Waals surface area contributed by atoms with Gasteiger partial charge in [0.2, 0.25) is 0 Å². The smallest absolute Gasteiger partial charge is 0.146 e. The summed E-state index contributed by atoms with van der Waals surface area (Å²) in [7, 11) is 1.64. The van der Waals surface area contributed by atoms with Crippen LogP contribution in [0.5, 0.6) is 11.5 Å². The van der Waals surface area contributed by atoms with E-state index in [1.165, 1.54) is 0 Å². The molecule has 0 aliphatic heterocycles. The Hall–Kier alpha value is -2.69. The molecule has 5 heteroatoms. The zero-order chi connectivity index (χ0) is 13.9. The van der Waals surface area contributed by atoms with Crippen LogP contribution in [0.4, 0.5) is 5.69 Å². The second-order valence-electron chi connectivity index (χ2n) is 4.39. The molecule has 5 nitrogen and oxygen atoms in total. The number of hydrogen-bond donors (Lipinski definition) is 2. The fourth-order valence-corrected chi connectivity index (χ4v) is 1.99. The number of nitrogens with one attached hydrogen (secondary N) is 1. The first-order chi connectivity index (χ1) is 9.76. The van der Waals surface area contributed by atoms with E-state index in [2.05, 4.69) is 9.97 Å². The summed E-state index contributed by atoms with van der Waals surface area (Å²) in [6, 6.07) is 13.1. The number of nitrogens with two attached hydrogens (primary N) is 1. The zero-order valence-corrected chi connectivity index (χ0v) is 11.1. The van der Waals surface area contributed by atoms with Crippen LogP contribution >= 0.6 is 0 Å². The summed E-state index contributed by atoms with van der Waals surface area (Å²) < 4.78 is 10.8. The van der Waals surface area contributed by atoms with Crippen LogP contribution in [0.2, 0.25) is 0 Å². The van der Waals surface area contributed by atoms with Gasteiger partial charge in [-0.1, -0.05) is 12.1 Å². The van der Waals surface area contributed by atoms with Gasteiger partial charge in [0.25, 0.3) is 0 Å². The summed E-state index contributed by atoms with van der Waals surface area (Å²) in [5, 5.41) is 0. The Morgan fingerprint density at radius 1 is 1.20 bits per heavy atom. The highest BCUT2D eigenvalue weighted by molar-refractivity contribution is 5.76. The van der Waals surface area contributed by atoms with E-state index in [0.717, 1.165) is 22.6 Å². The summed E-state index contributed by atoms with van der Waals surface area (Å²) in [6.45, 7) is 0.339. The van der Waals surface area contributed by atoms with Gasteiger partial charge in [0, 0.05) is 6.07 Å². The molecule has 0 saturated heterocycles. The molecule has 3 N–H and O–H groups in total. The average Bonchev–Trinajstić information content (AvgIpc) is 2.88. The van der Waals surface area contributed by atoms with Crippen LogP contribution in [-0.4, -0.2) is 17.1 Å². The molecular weight excluding hydrogens is 254 g/mol. The number of methoxy groups -OCH3 is 1. The maximum Gasteiger partial charge on any atom is 0.146 e. The molecule has 0 bridgehead atoms. The van der Waals surface area contributed by atoms with Gasteiger partial charge in [-0.2, -0.15) is 0 Å². The summed E-state index contributed by atoms with van der Waals surface area (Å²) >= 11 is 0. The van der Waals surface area contributed by atoms with Gasteiger partial charge in [0.05, 0.1) is 23.8 Å². The molecular formula is C15H15N3O2. The molecule has 20 heavy (non-hydrogen) atoms. The van der Waals surface area contributed by atoms with E-state index in [0.29, 0.717) is 18.0 Å². The van der Waals surface area contributed by atoms with Gasteiger partial charge >= 0.3 is 0 Å². The first-order valence-corrected chi connectivity index (χ1v) is 6.26. The molecule has 3 rings (SSSR count). The number of para-hydroxylation sites is 2. The fraction of sp³-hybridized carbons (Fsp3) is 0.133. The molecule has 2 aromatic carbocycles.